The van der Waals surface area contributed by atoms with Gasteiger partial charge in [0.2, 0.25) is 5.91 Å². The van der Waals surface area contributed by atoms with E-state index >= 15 is 0 Å². The van der Waals surface area contributed by atoms with Crippen LogP contribution in [0.1, 0.15) is 24.8 Å². The molecule has 1 aromatic rings. The van der Waals surface area contributed by atoms with E-state index in [9.17, 15) is 4.79 Å². The van der Waals surface area contributed by atoms with Crippen molar-refractivity contribution in [1.29, 1.82) is 0 Å². The first kappa shape index (κ1) is 13.7. The molecule has 0 aromatic heterocycles. The Balaban J connectivity index is 2.61. The lowest BCUT2D eigenvalue weighted by atomic mass is 9.80. The second-order valence-corrected chi connectivity index (χ2v) is 4.69. The van der Waals surface area contributed by atoms with Crippen molar-refractivity contribution in [3.63, 3.8) is 0 Å². The predicted octanol–water partition coefficient (Wildman–Crippen LogP) is 1.16. The molecule has 0 spiro atoms. The van der Waals surface area contributed by atoms with Crippen molar-refractivity contribution in [3.8, 4) is 11.5 Å². The van der Waals surface area contributed by atoms with Gasteiger partial charge in [0.1, 0.15) is 17.0 Å². The molecule has 1 atom stereocenters. The summed E-state index contributed by atoms with van der Waals surface area (Å²) >= 11 is 0. The van der Waals surface area contributed by atoms with Crippen LogP contribution in [-0.2, 0) is 10.3 Å². The van der Waals surface area contributed by atoms with Gasteiger partial charge in [-0.05, 0) is 37.9 Å². The zero-order valence-electron chi connectivity index (χ0n) is 11.4. The molecule has 1 aliphatic heterocycles. The number of methoxy groups -OCH3 is 2. The molecule has 2 rings (SSSR count). The summed E-state index contributed by atoms with van der Waals surface area (Å²) in [7, 11) is 3.16. The van der Waals surface area contributed by atoms with Crippen LogP contribution in [0.25, 0.3) is 0 Å². The summed E-state index contributed by atoms with van der Waals surface area (Å²) in [5, 5.41) is 3.26. The Hall–Kier alpha value is -1.75. The minimum atomic E-state index is -0.907. The number of nitrogens with one attached hydrogen (secondary N) is 1. The van der Waals surface area contributed by atoms with Gasteiger partial charge >= 0.3 is 0 Å². The highest BCUT2D eigenvalue weighted by atomic mass is 16.5. The molecule has 1 heterocycles. The number of carbonyl (C=O) groups is 1. The largest absolute Gasteiger partial charge is 0.496 e. The molecule has 0 saturated carbocycles. The normalized spacial score (nSPS) is 22.8. The second-order valence-electron chi connectivity index (χ2n) is 4.69. The molecule has 1 aliphatic rings. The highest BCUT2D eigenvalue weighted by molar-refractivity contribution is 5.88. The number of benzene rings is 1. The van der Waals surface area contributed by atoms with Gasteiger partial charge in [0.15, 0.2) is 0 Å². The number of hydrogen-bond acceptors (Lipinski definition) is 4. The zero-order valence-corrected chi connectivity index (χ0v) is 11.4. The lowest BCUT2D eigenvalue weighted by Crippen LogP contribution is -2.55. The van der Waals surface area contributed by atoms with Gasteiger partial charge in [-0.15, -0.1) is 0 Å². The zero-order chi connectivity index (χ0) is 13.9. The molecule has 0 radical (unpaired) electrons. The fourth-order valence-electron chi connectivity index (χ4n) is 2.72. The number of nitrogens with two attached hydrogens (primary N) is 1. The Kier molecular flexibility index (Phi) is 3.95. The number of carbonyl (C=O) groups excluding carboxylic acids is 1. The molecule has 3 N–H and O–H groups in total. The SMILES string of the molecule is COc1cccc(OC)c1C1(C(N)=O)CCCCN1. The molecule has 5 nitrogen and oxygen atoms in total. The summed E-state index contributed by atoms with van der Waals surface area (Å²) in [4.78, 5) is 12.1. The summed E-state index contributed by atoms with van der Waals surface area (Å²) < 4.78 is 10.8. The average molecular weight is 264 g/mol. The molecule has 1 aromatic carbocycles. The molecule has 1 saturated heterocycles. The van der Waals surface area contributed by atoms with Crippen molar-refractivity contribution in [3.05, 3.63) is 23.8 Å². The van der Waals surface area contributed by atoms with Crippen LogP contribution >= 0.6 is 0 Å². The topological polar surface area (TPSA) is 73.6 Å². The minimum Gasteiger partial charge on any atom is -0.496 e. The van der Waals surface area contributed by atoms with E-state index in [0.29, 0.717) is 23.5 Å². The van der Waals surface area contributed by atoms with Gasteiger partial charge in [-0.25, -0.2) is 0 Å². The van der Waals surface area contributed by atoms with E-state index in [-0.39, 0.29) is 0 Å². The molecule has 5 heteroatoms. The first-order valence-electron chi connectivity index (χ1n) is 6.42. The Labute approximate surface area is 113 Å². The number of hydrogen-bond donors (Lipinski definition) is 2. The third kappa shape index (κ3) is 2.26. The quantitative estimate of drug-likeness (QED) is 0.856. The van der Waals surface area contributed by atoms with Crippen molar-refractivity contribution in [2.24, 2.45) is 5.73 Å². The molecule has 0 aliphatic carbocycles. The fourth-order valence-corrected chi connectivity index (χ4v) is 2.72. The van der Waals surface area contributed by atoms with Gasteiger partial charge in [0.05, 0.1) is 19.8 Å². The van der Waals surface area contributed by atoms with Crippen LogP contribution in [0.3, 0.4) is 0 Å². The maximum Gasteiger partial charge on any atom is 0.242 e. The minimum absolute atomic E-state index is 0.394. The van der Waals surface area contributed by atoms with Crippen molar-refractivity contribution in [2.45, 2.75) is 24.8 Å². The molecule has 1 unspecified atom stereocenters. The van der Waals surface area contributed by atoms with Crippen LogP contribution < -0.4 is 20.5 Å². The molecule has 19 heavy (non-hydrogen) atoms. The predicted molar refractivity (Wildman–Crippen MR) is 72.3 cm³/mol. The van der Waals surface area contributed by atoms with Gasteiger partial charge in [-0.3, -0.25) is 10.1 Å². The third-order valence-corrected chi connectivity index (χ3v) is 3.68. The van der Waals surface area contributed by atoms with E-state index in [0.717, 1.165) is 19.4 Å². The second kappa shape index (κ2) is 5.48. The van der Waals surface area contributed by atoms with Gasteiger partial charge < -0.3 is 15.2 Å². The number of primary amides is 1. The Morgan fingerprint density at radius 2 is 1.89 bits per heavy atom. The highest BCUT2D eigenvalue weighted by Crippen LogP contribution is 2.41. The van der Waals surface area contributed by atoms with Gasteiger partial charge in [-0.1, -0.05) is 6.07 Å². The Bertz CT molecular complexity index is 446. The summed E-state index contributed by atoms with van der Waals surface area (Å²) in [6.07, 6.45) is 2.63. The summed E-state index contributed by atoms with van der Waals surface area (Å²) in [6, 6.07) is 5.47. The molecule has 1 fully saturated rings. The number of piperidine rings is 1. The van der Waals surface area contributed by atoms with Crippen LogP contribution in [0.5, 0.6) is 11.5 Å². The number of ether oxygens (including phenoxy) is 2. The standard InChI is InChI=1S/C14H20N2O3/c1-18-10-6-5-7-11(19-2)12(10)14(13(15)17)8-3-4-9-16-14/h5-7,16H,3-4,8-9H2,1-2H3,(H2,15,17). The van der Waals surface area contributed by atoms with Crippen molar-refractivity contribution in [1.82, 2.24) is 5.32 Å². The van der Waals surface area contributed by atoms with E-state index < -0.39 is 11.4 Å². The number of rotatable bonds is 4. The van der Waals surface area contributed by atoms with Gasteiger partial charge in [-0.2, -0.15) is 0 Å². The van der Waals surface area contributed by atoms with Crippen molar-refractivity contribution in [2.75, 3.05) is 20.8 Å². The van der Waals surface area contributed by atoms with E-state index in [4.69, 9.17) is 15.2 Å². The van der Waals surface area contributed by atoms with E-state index in [1.165, 1.54) is 0 Å². The maximum absolute atomic E-state index is 12.1. The Morgan fingerprint density at radius 1 is 1.26 bits per heavy atom. The lowest BCUT2D eigenvalue weighted by Gasteiger charge is -2.37. The summed E-state index contributed by atoms with van der Waals surface area (Å²) in [5.41, 5.74) is 5.46. The molecular weight excluding hydrogens is 244 g/mol. The smallest absolute Gasteiger partial charge is 0.242 e. The highest BCUT2D eigenvalue weighted by Gasteiger charge is 2.43. The number of amides is 1. The first-order valence-corrected chi connectivity index (χ1v) is 6.42. The van der Waals surface area contributed by atoms with E-state index in [1.807, 2.05) is 18.2 Å². The van der Waals surface area contributed by atoms with Crippen LogP contribution in [-0.4, -0.2) is 26.7 Å². The molecule has 104 valence electrons. The summed E-state index contributed by atoms with van der Waals surface area (Å²) in [6.45, 7) is 0.754. The van der Waals surface area contributed by atoms with Crippen LogP contribution in [0, 0.1) is 0 Å². The molecule has 1 amide bonds. The lowest BCUT2D eigenvalue weighted by molar-refractivity contribution is -0.125. The van der Waals surface area contributed by atoms with E-state index in [2.05, 4.69) is 5.32 Å². The molecular formula is C14H20N2O3. The fraction of sp³-hybridized carbons (Fsp3) is 0.500. The van der Waals surface area contributed by atoms with E-state index in [1.54, 1.807) is 14.2 Å². The monoisotopic (exact) mass is 264 g/mol. The maximum atomic E-state index is 12.1. The third-order valence-electron chi connectivity index (χ3n) is 3.68. The van der Waals surface area contributed by atoms with Crippen molar-refractivity contribution >= 4 is 5.91 Å². The Morgan fingerprint density at radius 3 is 2.32 bits per heavy atom. The van der Waals surface area contributed by atoms with Gasteiger partial charge in [0, 0.05) is 0 Å². The summed E-state index contributed by atoms with van der Waals surface area (Å²) in [5.74, 6) is 0.843. The van der Waals surface area contributed by atoms with Crippen LogP contribution in [0.15, 0.2) is 18.2 Å². The van der Waals surface area contributed by atoms with Crippen LogP contribution in [0.2, 0.25) is 0 Å². The van der Waals surface area contributed by atoms with Crippen molar-refractivity contribution < 1.29 is 14.3 Å². The van der Waals surface area contributed by atoms with Crippen LogP contribution in [0.4, 0.5) is 0 Å². The average Bonchev–Trinajstić information content (AvgIpc) is 2.46. The first-order chi connectivity index (χ1) is 9.15. The molecule has 0 bridgehead atoms. The van der Waals surface area contributed by atoms with Gasteiger partial charge in [0.25, 0.3) is 0 Å².